The average molecular weight is 327 g/mol. The molecule has 2 rings (SSSR count). The fourth-order valence-corrected chi connectivity index (χ4v) is 3.65. The highest BCUT2D eigenvalue weighted by atomic mass is 35.5. The van der Waals surface area contributed by atoms with Gasteiger partial charge in [-0.25, -0.2) is 13.4 Å². The van der Waals surface area contributed by atoms with E-state index in [4.69, 9.17) is 11.6 Å². The van der Waals surface area contributed by atoms with Gasteiger partial charge in [-0.3, -0.25) is 9.29 Å². The lowest BCUT2D eigenvalue weighted by molar-refractivity contribution is 0.591. The second-order valence-corrected chi connectivity index (χ2v) is 6.40. The minimum atomic E-state index is -3.72. The molecule has 2 aromatic rings. The number of aromatic nitrogens is 2. The third-order valence-corrected chi connectivity index (χ3v) is 5.04. The largest absolute Gasteiger partial charge is 0.372 e. The second kappa shape index (κ2) is 6.28. The molecule has 21 heavy (non-hydrogen) atoms. The lowest BCUT2D eigenvalue weighted by Crippen LogP contribution is -2.30. The van der Waals surface area contributed by atoms with Gasteiger partial charge in [-0.05, 0) is 25.1 Å². The first-order chi connectivity index (χ1) is 10.0. The Bertz CT molecular complexity index is 722. The molecular formula is C13H15ClN4O2S. The number of pyridine rings is 2. The molecule has 8 heteroatoms. The zero-order chi connectivity index (χ0) is 15.5. The van der Waals surface area contributed by atoms with E-state index in [1.165, 1.54) is 16.6 Å². The molecule has 0 aliphatic rings. The SMILES string of the molecule is CCN(c1ccncc1)S(=O)(=O)c1cnc(NC)c(Cl)c1. The van der Waals surface area contributed by atoms with Gasteiger partial charge in [0.1, 0.15) is 10.7 Å². The maximum Gasteiger partial charge on any atom is 0.265 e. The van der Waals surface area contributed by atoms with Crippen LogP contribution in [0.15, 0.2) is 41.7 Å². The van der Waals surface area contributed by atoms with Crippen LogP contribution < -0.4 is 9.62 Å². The lowest BCUT2D eigenvalue weighted by atomic mass is 10.4. The van der Waals surface area contributed by atoms with Crippen molar-refractivity contribution in [2.24, 2.45) is 0 Å². The fraction of sp³-hybridized carbons (Fsp3) is 0.231. The van der Waals surface area contributed by atoms with Crippen LogP contribution in [-0.2, 0) is 10.0 Å². The first-order valence-corrected chi connectivity index (χ1v) is 8.08. The van der Waals surface area contributed by atoms with Crippen molar-refractivity contribution in [2.45, 2.75) is 11.8 Å². The molecule has 0 fully saturated rings. The Morgan fingerprint density at radius 1 is 1.33 bits per heavy atom. The predicted octanol–water partition coefficient (Wildman–Crippen LogP) is 2.39. The van der Waals surface area contributed by atoms with E-state index in [-0.39, 0.29) is 16.5 Å². The number of hydrogen-bond donors (Lipinski definition) is 1. The van der Waals surface area contributed by atoms with Crippen LogP contribution in [0.2, 0.25) is 5.02 Å². The molecule has 0 spiro atoms. The van der Waals surface area contributed by atoms with Crippen molar-refractivity contribution < 1.29 is 8.42 Å². The van der Waals surface area contributed by atoms with E-state index in [1.54, 1.807) is 38.5 Å². The van der Waals surface area contributed by atoms with E-state index in [0.29, 0.717) is 11.5 Å². The minimum Gasteiger partial charge on any atom is -0.372 e. The average Bonchev–Trinajstić information content (AvgIpc) is 2.48. The molecule has 112 valence electrons. The van der Waals surface area contributed by atoms with Crippen molar-refractivity contribution >= 4 is 33.1 Å². The maximum atomic E-state index is 12.7. The molecule has 0 unspecified atom stereocenters. The third kappa shape index (κ3) is 3.08. The molecule has 2 aromatic heterocycles. The Labute approximate surface area is 128 Å². The molecule has 0 aromatic carbocycles. The van der Waals surface area contributed by atoms with E-state index in [9.17, 15) is 8.42 Å². The minimum absolute atomic E-state index is 0.0464. The molecule has 0 saturated heterocycles. The van der Waals surface area contributed by atoms with E-state index < -0.39 is 10.0 Å². The number of halogens is 1. The van der Waals surface area contributed by atoms with Crippen LogP contribution in [0.3, 0.4) is 0 Å². The monoisotopic (exact) mass is 326 g/mol. The summed E-state index contributed by atoms with van der Waals surface area (Å²) in [5.41, 5.74) is 0.543. The van der Waals surface area contributed by atoms with Gasteiger partial charge >= 0.3 is 0 Å². The summed E-state index contributed by atoms with van der Waals surface area (Å²) in [6, 6.07) is 4.66. The van der Waals surface area contributed by atoms with Crippen molar-refractivity contribution in [1.29, 1.82) is 0 Å². The summed E-state index contributed by atoms with van der Waals surface area (Å²) in [5.74, 6) is 0.433. The molecule has 0 atom stereocenters. The molecule has 0 aliphatic carbocycles. The third-order valence-electron chi connectivity index (χ3n) is 2.88. The summed E-state index contributed by atoms with van der Waals surface area (Å²) >= 11 is 6.01. The van der Waals surface area contributed by atoms with Gasteiger partial charge in [0.05, 0.1) is 10.7 Å². The molecule has 1 N–H and O–H groups in total. The highest BCUT2D eigenvalue weighted by Gasteiger charge is 2.24. The van der Waals surface area contributed by atoms with E-state index >= 15 is 0 Å². The van der Waals surface area contributed by atoms with Crippen molar-refractivity contribution in [3.05, 3.63) is 41.8 Å². The molecule has 0 saturated carbocycles. The van der Waals surface area contributed by atoms with Gasteiger partial charge in [0.15, 0.2) is 0 Å². The lowest BCUT2D eigenvalue weighted by Gasteiger charge is -2.22. The number of anilines is 2. The topological polar surface area (TPSA) is 75.2 Å². The molecule has 6 nitrogen and oxygen atoms in total. The van der Waals surface area contributed by atoms with Gasteiger partial charge in [0, 0.05) is 32.2 Å². The van der Waals surface area contributed by atoms with Crippen LogP contribution in [0.5, 0.6) is 0 Å². The van der Waals surface area contributed by atoms with Gasteiger partial charge < -0.3 is 5.32 Å². The van der Waals surface area contributed by atoms with Crippen molar-refractivity contribution in [2.75, 3.05) is 23.2 Å². The summed E-state index contributed by atoms with van der Waals surface area (Å²) in [6.07, 6.45) is 4.38. The Balaban J connectivity index is 2.47. The highest BCUT2D eigenvalue weighted by molar-refractivity contribution is 7.92. The molecular weight excluding hydrogens is 312 g/mol. The summed E-state index contributed by atoms with van der Waals surface area (Å²) in [4.78, 5) is 7.95. The van der Waals surface area contributed by atoms with Gasteiger partial charge in [0.25, 0.3) is 10.0 Å². The van der Waals surface area contributed by atoms with Crippen LogP contribution in [0.25, 0.3) is 0 Å². The first-order valence-electron chi connectivity index (χ1n) is 6.26. The molecule has 0 bridgehead atoms. The van der Waals surface area contributed by atoms with Crippen LogP contribution >= 0.6 is 11.6 Å². The normalized spacial score (nSPS) is 11.2. The quantitative estimate of drug-likeness (QED) is 0.913. The zero-order valence-corrected chi connectivity index (χ0v) is 13.2. The Kier molecular flexibility index (Phi) is 4.64. The van der Waals surface area contributed by atoms with E-state index in [2.05, 4.69) is 15.3 Å². The first kappa shape index (κ1) is 15.5. The number of nitrogens with one attached hydrogen (secondary N) is 1. The van der Waals surface area contributed by atoms with Gasteiger partial charge in [-0.1, -0.05) is 11.6 Å². The second-order valence-electron chi connectivity index (χ2n) is 4.13. The van der Waals surface area contributed by atoms with E-state index in [1.807, 2.05) is 0 Å². The Morgan fingerprint density at radius 2 is 2.00 bits per heavy atom. The van der Waals surface area contributed by atoms with Crippen LogP contribution in [0.4, 0.5) is 11.5 Å². The van der Waals surface area contributed by atoms with Gasteiger partial charge in [-0.15, -0.1) is 0 Å². The summed E-state index contributed by atoms with van der Waals surface area (Å²) in [5, 5.41) is 3.04. The smallest absolute Gasteiger partial charge is 0.265 e. The van der Waals surface area contributed by atoms with Crippen LogP contribution in [0, 0.1) is 0 Å². The number of sulfonamides is 1. The standard InChI is InChI=1S/C13H15ClN4O2S/c1-3-18(10-4-6-16-7-5-10)21(19,20)11-8-12(14)13(15-2)17-9-11/h4-9H,3H2,1-2H3,(H,15,17). The van der Waals surface area contributed by atoms with Gasteiger partial charge in [-0.2, -0.15) is 0 Å². The summed E-state index contributed by atoms with van der Waals surface area (Å²) < 4.78 is 26.7. The maximum absolute atomic E-state index is 12.7. The summed E-state index contributed by atoms with van der Waals surface area (Å²) in [6.45, 7) is 2.05. The number of rotatable bonds is 5. The number of nitrogens with zero attached hydrogens (tertiary/aromatic N) is 3. The Morgan fingerprint density at radius 3 is 2.52 bits per heavy atom. The summed E-state index contributed by atoms with van der Waals surface area (Å²) in [7, 11) is -2.06. The van der Waals surface area contributed by atoms with Crippen LogP contribution in [-0.4, -0.2) is 32.0 Å². The molecule has 2 heterocycles. The van der Waals surface area contributed by atoms with Gasteiger partial charge in [0.2, 0.25) is 0 Å². The number of hydrogen-bond acceptors (Lipinski definition) is 5. The zero-order valence-electron chi connectivity index (χ0n) is 11.6. The van der Waals surface area contributed by atoms with Crippen molar-refractivity contribution in [1.82, 2.24) is 9.97 Å². The van der Waals surface area contributed by atoms with E-state index in [0.717, 1.165) is 0 Å². The highest BCUT2D eigenvalue weighted by Crippen LogP contribution is 2.26. The van der Waals surface area contributed by atoms with Crippen LogP contribution in [0.1, 0.15) is 6.92 Å². The fourth-order valence-electron chi connectivity index (χ4n) is 1.87. The van der Waals surface area contributed by atoms with Crippen molar-refractivity contribution in [3.63, 3.8) is 0 Å². The molecule has 0 aliphatic heterocycles. The molecule has 0 amide bonds. The predicted molar refractivity (Wildman–Crippen MR) is 83.2 cm³/mol. The Hall–Kier alpha value is -1.86. The van der Waals surface area contributed by atoms with Crippen molar-refractivity contribution in [3.8, 4) is 0 Å². The molecule has 0 radical (unpaired) electrons.